The molecule has 0 bridgehead atoms. The first kappa shape index (κ1) is 19.5. The molecule has 3 N–H and O–H groups in total. The van der Waals surface area contributed by atoms with Gasteiger partial charge in [-0.25, -0.2) is 4.79 Å². The molecule has 3 atom stereocenters. The van der Waals surface area contributed by atoms with E-state index in [1.54, 1.807) is 18.2 Å². The van der Waals surface area contributed by atoms with Gasteiger partial charge in [-0.05, 0) is 37.5 Å². The second kappa shape index (κ2) is 9.63. The minimum Gasteiger partial charge on any atom is -0.493 e. The zero-order chi connectivity index (χ0) is 18.2. The van der Waals surface area contributed by atoms with Gasteiger partial charge < -0.3 is 24.6 Å². The van der Waals surface area contributed by atoms with E-state index in [1.165, 1.54) is 39.9 Å². The Bertz CT molecular complexity index is 563. The Morgan fingerprint density at radius 2 is 2.04 bits per heavy atom. The molecule has 0 aliphatic heterocycles. The van der Waals surface area contributed by atoms with Gasteiger partial charge >= 0.3 is 5.97 Å². The number of nitrogens with two attached hydrogens (primary N) is 1. The third-order valence-corrected chi connectivity index (χ3v) is 4.90. The summed E-state index contributed by atoms with van der Waals surface area (Å²) in [7, 11) is 2.84. The molecule has 0 spiro atoms. The van der Waals surface area contributed by atoms with Crippen molar-refractivity contribution in [3.05, 3.63) is 23.8 Å². The van der Waals surface area contributed by atoms with Crippen LogP contribution < -0.4 is 14.8 Å². The van der Waals surface area contributed by atoms with Crippen molar-refractivity contribution in [3.8, 4) is 11.5 Å². The minimum absolute atomic E-state index is 0.186. The van der Waals surface area contributed by atoms with E-state index >= 15 is 0 Å². The smallest absolute Gasteiger partial charge is 0.337 e. The van der Waals surface area contributed by atoms with E-state index in [9.17, 15) is 9.90 Å². The Morgan fingerprint density at radius 1 is 1.28 bits per heavy atom. The van der Waals surface area contributed by atoms with E-state index in [0.29, 0.717) is 35.6 Å². The zero-order valence-corrected chi connectivity index (χ0v) is 15.4. The van der Waals surface area contributed by atoms with Crippen LogP contribution in [0.5, 0.6) is 11.5 Å². The van der Waals surface area contributed by atoms with Crippen molar-refractivity contribution >= 4 is 5.97 Å². The number of hydrogen-bond donors (Lipinski definition) is 2. The van der Waals surface area contributed by atoms with Gasteiger partial charge in [-0.15, -0.1) is 0 Å². The van der Waals surface area contributed by atoms with Gasteiger partial charge in [0.15, 0.2) is 11.5 Å². The van der Waals surface area contributed by atoms with Crippen molar-refractivity contribution in [2.24, 2.45) is 5.92 Å². The van der Waals surface area contributed by atoms with E-state index in [0.717, 1.165) is 0 Å². The Hall–Kier alpha value is -1.79. The summed E-state index contributed by atoms with van der Waals surface area (Å²) in [4.78, 5) is 11.6. The van der Waals surface area contributed by atoms with Crippen LogP contribution in [0.1, 0.15) is 43.0 Å². The van der Waals surface area contributed by atoms with E-state index in [1.807, 2.05) is 0 Å². The molecule has 1 saturated carbocycles. The van der Waals surface area contributed by atoms with Crippen LogP contribution in [0.3, 0.4) is 0 Å². The number of carbonyl (C=O) groups excluding carboxylic acids is 1. The number of ether oxygens (including phenoxy) is 3. The molecule has 0 saturated heterocycles. The fourth-order valence-corrected chi connectivity index (χ4v) is 3.31. The van der Waals surface area contributed by atoms with Gasteiger partial charge in [0.05, 0.1) is 25.8 Å². The highest BCUT2D eigenvalue weighted by molar-refractivity contribution is 5.90. The number of rotatable bonds is 8. The van der Waals surface area contributed by atoms with Gasteiger partial charge in [-0.2, -0.15) is 0 Å². The van der Waals surface area contributed by atoms with Crippen molar-refractivity contribution in [2.75, 3.05) is 27.4 Å². The lowest BCUT2D eigenvalue weighted by molar-refractivity contribution is -0.703. The highest BCUT2D eigenvalue weighted by Crippen LogP contribution is 2.28. The molecule has 1 fully saturated rings. The lowest BCUT2D eigenvalue weighted by Crippen LogP contribution is -2.93. The van der Waals surface area contributed by atoms with E-state index in [2.05, 4.69) is 12.2 Å². The molecule has 1 aromatic rings. The average molecular weight is 352 g/mol. The fraction of sp³-hybridized carbons (Fsp3) is 0.632. The second-order valence-corrected chi connectivity index (χ2v) is 6.72. The van der Waals surface area contributed by atoms with Crippen molar-refractivity contribution in [2.45, 2.75) is 44.8 Å². The average Bonchev–Trinajstić information content (AvgIpc) is 2.64. The number of aliphatic hydroxyl groups excluding tert-OH is 1. The Morgan fingerprint density at radius 3 is 2.72 bits per heavy atom. The van der Waals surface area contributed by atoms with Crippen molar-refractivity contribution in [3.63, 3.8) is 0 Å². The van der Waals surface area contributed by atoms with Gasteiger partial charge in [0.1, 0.15) is 19.3 Å². The molecular weight excluding hydrogens is 322 g/mol. The molecular formula is C19H30NO5+. The Kier molecular flexibility index (Phi) is 7.52. The molecule has 1 aliphatic rings. The standard InChI is InChI=1S/C19H29NO5/c1-13-6-4-5-7-16(13)20-11-15(21)12-25-17-9-8-14(19(22)24-3)10-18(17)23-2/h8-10,13,15-16,20-21H,4-7,11-12H2,1-3H3/p+1/t13-,15-,16+/m0/s1. The first-order valence-electron chi connectivity index (χ1n) is 8.95. The lowest BCUT2D eigenvalue weighted by atomic mass is 9.86. The first-order valence-corrected chi connectivity index (χ1v) is 8.95. The predicted molar refractivity (Wildman–Crippen MR) is 94.0 cm³/mol. The molecule has 0 unspecified atom stereocenters. The number of benzene rings is 1. The van der Waals surface area contributed by atoms with Gasteiger partial charge in [-0.3, -0.25) is 0 Å². The van der Waals surface area contributed by atoms with Crippen LogP contribution in [0.25, 0.3) is 0 Å². The normalized spacial score (nSPS) is 21.4. The largest absolute Gasteiger partial charge is 0.493 e. The van der Waals surface area contributed by atoms with Gasteiger partial charge in [-0.1, -0.05) is 13.3 Å². The summed E-state index contributed by atoms with van der Waals surface area (Å²) in [5.41, 5.74) is 0.395. The predicted octanol–water partition coefficient (Wildman–Crippen LogP) is 1.36. The fourth-order valence-electron chi connectivity index (χ4n) is 3.31. The minimum atomic E-state index is -0.556. The number of methoxy groups -OCH3 is 2. The van der Waals surface area contributed by atoms with Gasteiger partial charge in [0, 0.05) is 5.92 Å². The summed E-state index contributed by atoms with van der Waals surface area (Å²) in [6.07, 6.45) is 4.54. The maximum atomic E-state index is 11.6. The number of esters is 1. The molecule has 25 heavy (non-hydrogen) atoms. The van der Waals surface area contributed by atoms with Gasteiger partial charge in [0.2, 0.25) is 0 Å². The molecule has 6 heteroatoms. The van der Waals surface area contributed by atoms with E-state index in [4.69, 9.17) is 14.2 Å². The maximum Gasteiger partial charge on any atom is 0.337 e. The third-order valence-electron chi connectivity index (χ3n) is 4.90. The van der Waals surface area contributed by atoms with E-state index < -0.39 is 12.1 Å². The number of quaternary nitrogens is 1. The van der Waals surface area contributed by atoms with E-state index in [-0.39, 0.29) is 6.61 Å². The molecule has 0 amide bonds. The van der Waals surface area contributed by atoms with Crippen LogP contribution in [0, 0.1) is 5.92 Å². The van der Waals surface area contributed by atoms with Crippen LogP contribution in [-0.4, -0.2) is 50.6 Å². The summed E-state index contributed by atoms with van der Waals surface area (Å²) in [6.45, 7) is 3.10. The molecule has 6 nitrogen and oxygen atoms in total. The number of aliphatic hydroxyl groups is 1. The first-order chi connectivity index (χ1) is 12.0. The summed E-state index contributed by atoms with van der Waals surface area (Å²) in [5.74, 6) is 1.22. The summed E-state index contributed by atoms with van der Waals surface area (Å²) in [6, 6.07) is 5.44. The Balaban J connectivity index is 1.84. The van der Waals surface area contributed by atoms with Crippen LogP contribution in [0.4, 0.5) is 0 Å². The van der Waals surface area contributed by atoms with Crippen LogP contribution in [0.2, 0.25) is 0 Å². The zero-order valence-electron chi connectivity index (χ0n) is 15.4. The molecule has 1 aliphatic carbocycles. The summed E-state index contributed by atoms with van der Waals surface area (Å²) >= 11 is 0. The molecule has 0 heterocycles. The van der Waals surface area contributed by atoms with Crippen molar-refractivity contribution < 1.29 is 29.4 Å². The second-order valence-electron chi connectivity index (χ2n) is 6.72. The third kappa shape index (κ3) is 5.61. The molecule has 1 aromatic carbocycles. The quantitative estimate of drug-likeness (QED) is 0.691. The van der Waals surface area contributed by atoms with Crippen LogP contribution in [-0.2, 0) is 4.74 Å². The maximum absolute atomic E-state index is 11.6. The number of hydrogen-bond acceptors (Lipinski definition) is 5. The summed E-state index contributed by atoms with van der Waals surface area (Å²) < 4.78 is 15.6. The molecule has 0 radical (unpaired) electrons. The monoisotopic (exact) mass is 352 g/mol. The highest BCUT2D eigenvalue weighted by atomic mass is 16.5. The number of carbonyl (C=O) groups is 1. The SMILES string of the molecule is COC(=O)c1ccc(OC[C@@H](O)C[NH2+][C@@H]2CCCC[C@@H]2C)c(OC)c1. The van der Waals surface area contributed by atoms with Crippen LogP contribution >= 0.6 is 0 Å². The topological polar surface area (TPSA) is 81.6 Å². The Labute approximate surface area is 149 Å². The summed E-state index contributed by atoms with van der Waals surface area (Å²) in [5, 5.41) is 12.4. The van der Waals surface area contributed by atoms with Gasteiger partial charge in [0.25, 0.3) is 0 Å². The molecule has 140 valence electrons. The van der Waals surface area contributed by atoms with Crippen LogP contribution in [0.15, 0.2) is 18.2 Å². The highest BCUT2D eigenvalue weighted by Gasteiger charge is 2.25. The molecule has 0 aromatic heterocycles. The van der Waals surface area contributed by atoms with Crippen molar-refractivity contribution in [1.82, 2.24) is 0 Å². The molecule has 2 rings (SSSR count). The lowest BCUT2D eigenvalue weighted by Gasteiger charge is -2.27. The van der Waals surface area contributed by atoms with Crippen molar-refractivity contribution in [1.29, 1.82) is 0 Å².